The Balaban J connectivity index is 0.000000386. The molecule has 1 aliphatic rings. The second-order valence-electron chi connectivity index (χ2n) is 13.0. The molecule has 3 aromatic carbocycles. The molecule has 1 unspecified atom stereocenters. The van der Waals surface area contributed by atoms with E-state index in [2.05, 4.69) is 81.0 Å². The number of nitrogens with zero attached hydrogens (tertiary/aromatic N) is 2. The molecular formula is C41H42F2N4O7S2. The number of ether oxygens (including phenoxy) is 1. The molecule has 1 atom stereocenters. The fourth-order valence-corrected chi connectivity index (χ4v) is 8.87. The summed E-state index contributed by atoms with van der Waals surface area (Å²) in [5.41, 5.74) is 2.94. The summed E-state index contributed by atoms with van der Waals surface area (Å²) < 4.78 is 60.9. The second-order valence-corrected chi connectivity index (χ2v) is 16.1. The summed E-state index contributed by atoms with van der Waals surface area (Å²) in [5, 5.41) is 15.3. The molecule has 5 aromatic rings. The van der Waals surface area contributed by atoms with Crippen LogP contribution in [0.4, 0.5) is 13.6 Å². The van der Waals surface area contributed by atoms with Crippen LogP contribution in [0.3, 0.4) is 0 Å². The van der Waals surface area contributed by atoms with Crippen LogP contribution < -0.4 is 10.6 Å². The molecule has 15 heteroatoms. The number of pyridine rings is 1. The van der Waals surface area contributed by atoms with Crippen molar-refractivity contribution < 1.29 is 41.4 Å². The molecular weight excluding hydrogens is 763 g/mol. The summed E-state index contributed by atoms with van der Waals surface area (Å²) in [6, 6.07) is 33.3. The number of carbonyl (C=O) groups is 3. The molecule has 0 saturated heterocycles. The van der Waals surface area contributed by atoms with Crippen LogP contribution >= 0.6 is 11.3 Å². The molecule has 1 saturated carbocycles. The number of alkyl carbamates (subject to hydrolysis) is 1. The minimum absolute atomic E-state index is 0.0593. The first-order valence-corrected chi connectivity index (χ1v) is 20.0. The van der Waals surface area contributed by atoms with E-state index in [1.165, 1.54) is 47.7 Å². The van der Waals surface area contributed by atoms with Crippen LogP contribution in [0, 0.1) is 5.92 Å². The average Bonchev–Trinajstić information content (AvgIpc) is 3.68. The third-order valence-corrected chi connectivity index (χ3v) is 11.9. The zero-order chi connectivity index (χ0) is 40.1. The van der Waals surface area contributed by atoms with Gasteiger partial charge >= 0.3 is 6.09 Å². The fourth-order valence-electron chi connectivity index (χ4n) is 6.03. The number of ketones is 1. The molecule has 0 spiro atoms. The number of rotatable bonds is 15. The van der Waals surface area contributed by atoms with Gasteiger partial charge in [0, 0.05) is 40.9 Å². The topological polar surface area (TPSA) is 155 Å². The van der Waals surface area contributed by atoms with Gasteiger partial charge in [0.1, 0.15) is 12.2 Å². The van der Waals surface area contributed by atoms with E-state index in [4.69, 9.17) is 0 Å². The molecule has 1 fully saturated rings. The predicted octanol–water partition coefficient (Wildman–Crippen LogP) is 6.39. The van der Waals surface area contributed by atoms with E-state index < -0.39 is 65.1 Å². The number of nitrogens with one attached hydrogen (secondary N) is 2. The normalized spacial score (nSPS) is 14.1. The Kier molecular flexibility index (Phi) is 14.5. The summed E-state index contributed by atoms with van der Waals surface area (Å²) in [6.07, 6.45) is 0.724. The predicted molar refractivity (Wildman–Crippen MR) is 208 cm³/mol. The Hall–Kier alpha value is -5.35. The lowest BCUT2D eigenvalue weighted by molar-refractivity contribution is -0.120. The summed E-state index contributed by atoms with van der Waals surface area (Å²) in [5.74, 6) is -4.51. The van der Waals surface area contributed by atoms with Gasteiger partial charge in [-0.05, 0) is 59.9 Å². The quantitative estimate of drug-likeness (QED) is 0.103. The van der Waals surface area contributed by atoms with Crippen molar-refractivity contribution in [3.63, 3.8) is 0 Å². The van der Waals surface area contributed by atoms with Crippen LogP contribution in [0.15, 0.2) is 126 Å². The highest BCUT2D eigenvalue weighted by Crippen LogP contribution is 2.44. The van der Waals surface area contributed by atoms with Gasteiger partial charge in [-0.1, -0.05) is 78.9 Å². The Morgan fingerprint density at radius 1 is 0.911 bits per heavy atom. The average molecular weight is 805 g/mol. The van der Waals surface area contributed by atoms with E-state index in [0.29, 0.717) is 9.75 Å². The van der Waals surface area contributed by atoms with E-state index in [-0.39, 0.29) is 35.8 Å². The van der Waals surface area contributed by atoms with Crippen molar-refractivity contribution in [2.45, 2.75) is 42.7 Å². The molecule has 2 aromatic heterocycles. The van der Waals surface area contributed by atoms with Gasteiger partial charge in [-0.2, -0.15) is 4.31 Å². The van der Waals surface area contributed by atoms with E-state index in [1.54, 1.807) is 24.3 Å². The van der Waals surface area contributed by atoms with Gasteiger partial charge in [0.25, 0.3) is 0 Å². The molecule has 0 aliphatic heterocycles. The van der Waals surface area contributed by atoms with Gasteiger partial charge in [0.05, 0.1) is 31.2 Å². The number of hydrogen-bond donors (Lipinski definition) is 3. The molecule has 56 heavy (non-hydrogen) atoms. The monoisotopic (exact) mass is 804 g/mol. The number of sulfonamides is 1. The van der Waals surface area contributed by atoms with Gasteiger partial charge in [-0.3, -0.25) is 14.6 Å². The van der Waals surface area contributed by atoms with Crippen LogP contribution in [-0.2, 0) is 32.5 Å². The number of thiophene rings is 1. The zero-order valence-corrected chi connectivity index (χ0v) is 32.1. The third-order valence-electron chi connectivity index (χ3n) is 8.88. The van der Waals surface area contributed by atoms with E-state index in [0.717, 1.165) is 29.2 Å². The van der Waals surface area contributed by atoms with Crippen molar-refractivity contribution in [3.8, 4) is 0 Å². The molecule has 2 amide bonds. The molecule has 0 bridgehead atoms. The van der Waals surface area contributed by atoms with Crippen molar-refractivity contribution in [2.75, 3.05) is 26.8 Å². The van der Waals surface area contributed by atoms with Crippen LogP contribution in [0.25, 0.3) is 0 Å². The molecule has 3 N–H and O–H groups in total. The number of aromatic nitrogens is 1. The lowest BCUT2D eigenvalue weighted by Gasteiger charge is -2.39. The van der Waals surface area contributed by atoms with Crippen molar-refractivity contribution in [2.24, 2.45) is 5.92 Å². The van der Waals surface area contributed by atoms with Crippen LogP contribution in [0.1, 0.15) is 55.8 Å². The molecule has 0 radical (unpaired) electrons. The summed E-state index contributed by atoms with van der Waals surface area (Å²) in [4.78, 5) is 41.0. The number of halogens is 2. The smallest absolute Gasteiger partial charge is 0.407 e. The van der Waals surface area contributed by atoms with Crippen LogP contribution in [0.5, 0.6) is 0 Å². The largest absolute Gasteiger partial charge is 0.453 e. The Morgan fingerprint density at radius 3 is 2.16 bits per heavy atom. The van der Waals surface area contributed by atoms with Crippen LogP contribution in [0.2, 0.25) is 0 Å². The number of aliphatic hydroxyl groups is 1. The summed E-state index contributed by atoms with van der Waals surface area (Å²) in [6.45, 7) is -1.18. The number of amides is 2. The molecule has 11 nitrogen and oxygen atoms in total. The SMILES string of the molecule is COC(=O)NCC(=O)NCc1ccc(C(CO)N(CC2CC(F)(F)C2)S(=O)(=O)c2cccc(C(=O)c3ccccn3)c2)s1.c1ccc(Cc2ccccc2)cc1. The second kappa shape index (κ2) is 19.5. The first-order chi connectivity index (χ1) is 26.9. The van der Waals surface area contributed by atoms with Gasteiger partial charge in [0.2, 0.25) is 27.6 Å². The highest BCUT2D eigenvalue weighted by atomic mass is 32.2. The Bertz CT molecular complexity index is 2130. The number of benzene rings is 3. The maximum absolute atomic E-state index is 14.0. The van der Waals surface area contributed by atoms with E-state index in [1.807, 2.05) is 0 Å². The first-order valence-electron chi connectivity index (χ1n) is 17.7. The summed E-state index contributed by atoms with van der Waals surface area (Å²) >= 11 is 1.13. The third kappa shape index (κ3) is 11.6. The van der Waals surface area contributed by atoms with Crippen molar-refractivity contribution >= 4 is 39.1 Å². The lowest BCUT2D eigenvalue weighted by Crippen LogP contribution is -2.46. The molecule has 6 rings (SSSR count). The highest BCUT2D eigenvalue weighted by molar-refractivity contribution is 7.89. The lowest BCUT2D eigenvalue weighted by atomic mass is 9.81. The number of aliphatic hydroxyl groups excluding tert-OH is 1. The standard InChI is InChI=1S/C28H30F2N4O7S2.C13H12/c1-41-27(38)33-15-25(36)32-14-20-8-9-24(42-20)23(17-35)34(16-18-12-28(29,30)13-18)43(39,40)21-6-4-5-19(11-21)26(37)22-7-2-3-10-31-22;1-3-7-12(8-4-1)11-13-9-5-2-6-10-13/h2-11,18,23,35H,12-17H2,1H3,(H,32,36)(H,33,38);1-10H,11H2. The van der Waals surface area contributed by atoms with Crippen molar-refractivity contribution in [1.29, 1.82) is 0 Å². The van der Waals surface area contributed by atoms with Crippen LogP contribution in [-0.4, -0.2) is 73.3 Å². The summed E-state index contributed by atoms with van der Waals surface area (Å²) in [7, 11) is -3.24. The van der Waals surface area contributed by atoms with Crippen molar-refractivity contribution in [1.82, 2.24) is 19.9 Å². The van der Waals surface area contributed by atoms with E-state index in [9.17, 15) is 36.7 Å². The minimum atomic E-state index is -4.40. The van der Waals surface area contributed by atoms with Crippen molar-refractivity contribution in [3.05, 3.63) is 154 Å². The number of carbonyl (C=O) groups excluding carboxylic acids is 3. The number of methoxy groups -OCH3 is 1. The molecule has 294 valence electrons. The number of hydrogen-bond acceptors (Lipinski definition) is 9. The van der Waals surface area contributed by atoms with Gasteiger partial charge in [-0.25, -0.2) is 22.0 Å². The van der Waals surface area contributed by atoms with Gasteiger partial charge < -0.3 is 20.5 Å². The van der Waals surface area contributed by atoms with E-state index >= 15 is 0 Å². The first kappa shape index (κ1) is 41.8. The fraction of sp³-hybridized carbons (Fsp3) is 0.268. The maximum atomic E-state index is 14.0. The Morgan fingerprint density at radius 2 is 1.57 bits per heavy atom. The highest BCUT2D eigenvalue weighted by Gasteiger charge is 2.48. The zero-order valence-electron chi connectivity index (χ0n) is 30.5. The van der Waals surface area contributed by atoms with Gasteiger partial charge in [-0.15, -0.1) is 11.3 Å². The Labute approximate surface area is 328 Å². The number of alkyl halides is 2. The molecule has 2 heterocycles. The maximum Gasteiger partial charge on any atom is 0.407 e. The molecule has 1 aliphatic carbocycles. The van der Waals surface area contributed by atoms with Gasteiger partial charge in [0.15, 0.2) is 0 Å². The minimum Gasteiger partial charge on any atom is -0.453 e.